The van der Waals surface area contributed by atoms with E-state index in [-0.39, 0.29) is 12.0 Å². The number of anilines is 1. The summed E-state index contributed by atoms with van der Waals surface area (Å²) in [6.45, 7) is 11.5. The van der Waals surface area contributed by atoms with Gasteiger partial charge in [-0.05, 0) is 32.0 Å². The molecule has 0 aliphatic carbocycles. The highest BCUT2D eigenvalue weighted by molar-refractivity contribution is 5.92. The summed E-state index contributed by atoms with van der Waals surface area (Å²) in [6, 6.07) is 7.86. The smallest absolute Gasteiger partial charge is 0.238 e. The summed E-state index contributed by atoms with van der Waals surface area (Å²) < 4.78 is 5.86. The first-order chi connectivity index (χ1) is 11.4. The van der Waals surface area contributed by atoms with Gasteiger partial charge in [-0.3, -0.25) is 14.6 Å². The van der Waals surface area contributed by atoms with Gasteiger partial charge in [0.05, 0.1) is 19.3 Å². The first-order valence-corrected chi connectivity index (χ1v) is 8.81. The van der Waals surface area contributed by atoms with Gasteiger partial charge in [0.2, 0.25) is 5.91 Å². The molecule has 5 nitrogen and oxygen atoms in total. The van der Waals surface area contributed by atoms with Crippen LogP contribution in [0, 0.1) is 12.8 Å². The van der Waals surface area contributed by atoms with Crippen molar-refractivity contribution >= 4 is 11.6 Å². The van der Waals surface area contributed by atoms with Gasteiger partial charge in [-0.1, -0.05) is 31.5 Å². The zero-order chi connectivity index (χ0) is 17.5. The Morgan fingerprint density at radius 3 is 2.75 bits per heavy atom. The number of nitrogens with zero attached hydrogens (tertiary/aromatic N) is 2. The molecule has 0 spiro atoms. The van der Waals surface area contributed by atoms with Gasteiger partial charge in [0.1, 0.15) is 0 Å². The minimum absolute atomic E-state index is 0.0104. The van der Waals surface area contributed by atoms with Crippen molar-refractivity contribution in [1.29, 1.82) is 0 Å². The molecule has 0 bridgehead atoms. The molecule has 24 heavy (non-hydrogen) atoms. The molecule has 1 aromatic rings. The summed E-state index contributed by atoms with van der Waals surface area (Å²) >= 11 is 0. The lowest BCUT2D eigenvalue weighted by Crippen LogP contribution is -2.48. The van der Waals surface area contributed by atoms with Gasteiger partial charge >= 0.3 is 0 Å². The summed E-state index contributed by atoms with van der Waals surface area (Å²) in [7, 11) is 1.97. The van der Waals surface area contributed by atoms with Crippen LogP contribution in [-0.2, 0) is 9.53 Å². The fourth-order valence-electron chi connectivity index (χ4n) is 3.07. The van der Waals surface area contributed by atoms with Crippen molar-refractivity contribution in [2.24, 2.45) is 5.92 Å². The number of amides is 1. The third-order valence-electron chi connectivity index (χ3n) is 4.11. The molecule has 1 aromatic carbocycles. The van der Waals surface area contributed by atoms with E-state index < -0.39 is 0 Å². The Balaban J connectivity index is 1.74. The van der Waals surface area contributed by atoms with E-state index in [1.807, 2.05) is 43.1 Å². The maximum atomic E-state index is 12.2. The van der Waals surface area contributed by atoms with E-state index in [4.69, 9.17) is 4.74 Å². The van der Waals surface area contributed by atoms with Crippen LogP contribution >= 0.6 is 0 Å². The molecule has 1 aliphatic rings. The van der Waals surface area contributed by atoms with E-state index in [1.165, 1.54) is 5.56 Å². The minimum Gasteiger partial charge on any atom is -0.374 e. The molecule has 0 saturated carbocycles. The van der Waals surface area contributed by atoms with E-state index in [2.05, 4.69) is 24.1 Å². The average molecular weight is 333 g/mol. The fourth-order valence-corrected chi connectivity index (χ4v) is 3.07. The Labute approximate surface area is 146 Å². The molecule has 0 unspecified atom stereocenters. The monoisotopic (exact) mass is 333 g/mol. The zero-order valence-corrected chi connectivity index (χ0v) is 15.4. The molecule has 0 radical (unpaired) electrons. The third-order valence-corrected chi connectivity index (χ3v) is 4.11. The van der Waals surface area contributed by atoms with Gasteiger partial charge in [-0.25, -0.2) is 0 Å². The van der Waals surface area contributed by atoms with Crippen LogP contribution in [0.3, 0.4) is 0 Å². The SMILES string of the molecule is Cc1ccc(NC(=O)CN(C)C[C@H]2CN(CC(C)C)CCO2)cc1. The number of nitrogens with one attached hydrogen (secondary N) is 1. The Morgan fingerprint density at radius 2 is 2.08 bits per heavy atom. The zero-order valence-electron chi connectivity index (χ0n) is 15.4. The van der Waals surface area contributed by atoms with Crippen molar-refractivity contribution in [1.82, 2.24) is 9.80 Å². The van der Waals surface area contributed by atoms with Crippen LogP contribution in [0.15, 0.2) is 24.3 Å². The van der Waals surface area contributed by atoms with Gasteiger partial charge in [0, 0.05) is 31.9 Å². The number of hydrogen-bond acceptors (Lipinski definition) is 4. The predicted octanol–water partition coefficient (Wildman–Crippen LogP) is 2.22. The van der Waals surface area contributed by atoms with Crippen LogP contribution in [0.5, 0.6) is 0 Å². The Hall–Kier alpha value is -1.43. The number of morpholine rings is 1. The van der Waals surface area contributed by atoms with Crippen LogP contribution in [-0.4, -0.2) is 68.2 Å². The van der Waals surface area contributed by atoms with Crippen LogP contribution in [0.2, 0.25) is 0 Å². The van der Waals surface area contributed by atoms with Crippen molar-refractivity contribution in [3.8, 4) is 0 Å². The fraction of sp³-hybridized carbons (Fsp3) is 0.632. The van der Waals surface area contributed by atoms with Crippen LogP contribution in [0.1, 0.15) is 19.4 Å². The minimum atomic E-state index is 0.0104. The number of ether oxygens (including phenoxy) is 1. The normalized spacial score (nSPS) is 19.0. The maximum absolute atomic E-state index is 12.2. The van der Waals surface area contributed by atoms with Crippen molar-refractivity contribution in [3.05, 3.63) is 29.8 Å². The van der Waals surface area contributed by atoms with Crippen molar-refractivity contribution in [2.45, 2.75) is 26.9 Å². The average Bonchev–Trinajstić information content (AvgIpc) is 2.49. The molecule has 0 aromatic heterocycles. The molecule has 1 fully saturated rings. The second kappa shape index (κ2) is 9.16. The highest BCUT2D eigenvalue weighted by Crippen LogP contribution is 2.10. The molecular formula is C19H31N3O2. The van der Waals surface area contributed by atoms with E-state index in [0.717, 1.165) is 38.5 Å². The Bertz CT molecular complexity index is 516. The lowest BCUT2D eigenvalue weighted by Gasteiger charge is -2.35. The lowest BCUT2D eigenvalue weighted by atomic mass is 10.1. The van der Waals surface area contributed by atoms with E-state index >= 15 is 0 Å². The summed E-state index contributed by atoms with van der Waals surface area (Å²) in [4.78, 5) is 16.6. The third kappa shape index (κ3) is 6.59. The second-order valence-corrected chi connectivity index (χ2v) is 7.26. The van der Waals surface area contributed by atoms with Crippen LogP contribution in [0.25, 0.3) is 0 Å². The largest absolute Gasteiger partial charge is 0.374 e. The molecule has 5 heteroatoms. The molecule has 1 amide bonds. The molecule has 1 heterocycles. The van der Waals surface area contributed by atoms with E-state index in [9.17, 15) is 4.79 Å². The standard InChI is InChI=1S/C19H31N3O2/c1-15(2)11-22-9-10-24-18(13-22)12-21(4)14-19(23)20-17-7-5-16(3)6-8-17/h5-8,15,18H,9-14H2,1-4H3,(H,20,23)/t18-/m0/s1. The van der Waals surface area contributed by atoms with Gasteiger partial charge in [0.15, 0.2) is 0 Å². The second-order valence-electron chi connectivity index (χ2n) is 7.26. The van der Waals surface area contributed by atoms with Crippen molar-refractivity contribution < 1.29 is 9.53 Å². The first-order valence-electron chi connectivity index (χ1n) is 8.81. The van der Waals surface area contributed by atoms with Crippen LogP contribution < -0.4 is 5.32 Å². The Morgan fingerprint density at radius 1 is 1.38 bits per heavy atom. The summed E-state index contributed by atoms with van der Waals surface area (Å²) in [5, 5.41) is 2.94. The number of carbonyl (C=O) groups excluding carboxylic acids is 1. The van der Waals surface area contributed by atoms with Crippen LogP contribution in [0.4, 0.5) is 5.69 Å². The molecule has 1 saturated heterocycles. The number of rotatable bonds is 7. The highest BCUT2D eigenvalue weighted by atomic mass is 16.5. The predicted molar refractivity (Wildman–Crippen MR) is 98.3 cm³/mol. The molecule has 1 N–H and O–H groups in total. The van der Waals surface area contributed by atoms with Gasteiger partial charge < -0.3 is 10.1 Å². The summed E-state index contributed by atoms with van der Waals surface area (Å²) in [6.07, 6.45) is 0.176. The topological polar surface area (TPSA) is 44.8 Å². The first kappa shape index (κ1) is 18.9. The molecule has 134 valence electrons. The number of hydrogen-bond donors (Lipinski definition) is 1. The van der Waals surface area contributed by atoms with Gasteiger partial charge in [0.25, 0.3) is 0 Å². The number of carbonyl (C=O) groups is 1. The molecule has 1 atom stereocenters. The van der Waals surface area contributed by atoms with Gasteiger partial charge in [-0.2, -0.15) is 0 Å². The van der Waals surface area contributed by atoms with Crippen molar-refractivity contribution in [3.63, 3.8) is 0 Å². The van der Waals surface area contributed by atoms with Crippen molar-refractivity contribution in [2.75, 3.05) is 51.7 Å². The molecule has 1 aliphatic heterocycles. The van der Waals surface area contributed by atoms with Gasteiger partial charge in [-0.15, -0.1) is 0 Å². The molecular weight excluding hydrogens is 302 g/mol. The number of likely N-dealkylation sites (N-methyl/N-ethyl adjacent to an activating group) is 1. The number of aryl methyl sites for hydroxylation is 1. The van der Waals surface area contributed by atoms with E-state index in [1.54, 1.807) is 0 Å². The highest BCUT2D eigenvalue weighted by Gasteiger charge is 2.22. The van der Waals surface area contributed by atoms with E-state index in [0.29, 0.717) is 12.5 Å². The number of benzene rings is 1. The Kier molecular flexibility index (Phi) is 7.21. The maximum Gasteiger partial charge on any atom is 0.238 e. The lowest BCUT2D eigenvalue weighted by molar-refractivity contribution is -0.117. The summed E-state index contributed by atoms with van der Waals surface area (Å²) in [5.74, 6) is 0.679. The molecule has 2 rings (SSSR count). The quantitative estimate of drug-likeness (QED) is 0.831. The summed E-state index contributed by atoms with van der Waals surface area (Å²) in [5.41, 5.74) is 2.03.